The van der Waals surface area contributed by atoms with Crippen molar-refractivity contribution < 1.29 is 19.1 Å². The fourth-order valence-electron chi connectivity index (χ4n) is 2.04. The molecule has 0 bridgehead atoms. The Morgan fingerprint density at radius 1 is 1.38 bits per heavy atom. The van der Waals surface area contributed by atoms with Gasteiger partial charge in [0.25, 0.3) is 0 Å². The van der Waals surface area contributed by atoms with E-state index in [2.05, 4.69) is 0 Å². The number of thiophene rings is 1. The molecule has 0 unspecified atom stereocenters. The van der Waals surface area contributed by atoms with Gasteiger partial charge in [-0.2, -0.15) is 0 Å². The zero-order chi connectivity index (χ0) is 15.6. The molecule has 6 nitrogen and oxygen atoms in total. The van der Waals surface area contributed by atoms with Gasteiger partial charge >= 0.3 is 5.97 Å². The number of nitrogens with two attached hydrogens (primary N) is 1. The van der Waals surface area contributed by atoms with E-state index < -0.39 is 5.97 Å². The Labute approximate surface area is 127 Å². The number of ether oxygens (including phenoxy) is 2. The lowest BCUT2D eigenvalue weighted by Gasteiger charge is -2.18. The maximum Gasteiger partial charge on any atom is 0.343 e. The summed E-state index contributed by atoms with van der Waals surface area (Å²) in [6.45, 7) is 1.11. The number of nitrogens with zero attached hydrogens (tertiary/aromatic N) is 1. The first-order valence-electron chi connectivity index (χ1n) is 6.76. The maximum atomic E-state index is 12.3. The molecule has 1 saturated carbocycles. The standard InChI is InChI=1S/C14H20N2O4S/c1-16(6-7-19-2)13-9(14(18)20-3)10(15)12(21-13)11(17)8-4-5-8/h8H,4-7,15H2,1-3H3. The molecule has 0 aliphatic heterocycles. The molecule has 0 radical (unpaired) electrons. The van der Waals surface area contributed by atoms with Crippen LogP contribution in [-0.4, -0.2) is 46.2 Å². The van der Waals surface area contributed by atoms with Gasteiger partial charge < -0.3 is 20.1 Å². The summed E-state index contributed by atoms with van der Waals surface area (Å²) in [6.07, 6.45) is 1.80. The van der Waals surface area contributed by atoms with Crippen LogP contribution in [-0.2, 0) is 9.47 Å². The van der Waals surface area contributed by atoms with E-state index in [0.717, 1.165) is 12.8 Å². The number of nitrogen functional groups attached to an aromatic ring is 1. The summed E-state index contributed by atoms with van der Waals surface area (Å²) < 4.78 is 9.84. The molecule has 21 heavy (non-hydrogen) atoms. The minimum absolute atomic E-state index is 0.0362. The maximum absolute atomic E-state index is 12.3. The average molecular weight is 312 g/mol. The van der Waals surface area contributed by atoms with Crippen molar-refractivity contribution in [2.75, 3.05) is 45.1 Å². The molecular formula is C14H20N2O4S. The van der Waals surface area contributed by atoms with E-state index in [1.165, 1.54) is 18.4 Å². The van der Waals surface area contributed by atoms with Crippen LogP contribution < -0.4 is 10.6 Å². The van der Waals surface area contributed by atoms with Gasteiger partial charge in [-0.3, -0.25) is 4.79 Å². The third-order valence-corrected chi connectivity index (χ3v) is 4.80. The molecule has 0 spiro atoms. The number of methoxy groups -OCH3 is 2. The normalized spacial score (nSPS) is 14.0. The van der Waals surface area contributed by atoms with E-state index in [9.17, 15) is 9.59 Å². The van der Waals surface area contributed by atoms with Crippen LogP contribution in [0.1, 0.15) is 32.9 Å². The predicted molar refractivity (Wildman–Crippen MR) is 82.3 cm³/mol. The van der Waals surface area contributed by atoms with Gasteiger partial charge in [0.05, 0.1) is 24.3 Å². The van der Waals surface area contributed by atoms with Crippen LogP contribution in [0.25, 0.3) is 0 Å². The molecule has 1 aromatic heterocycles. The van der Waals surface area contributed by atoms with Crippen LogP contribution in [0, 0.1) is 5.92 Å². The molecule has 1 heterocycles. The van der Waals surface area contributed by atoms with E-state index in [-0.39, 0.29) is 23.0 Å². The number of esters is 1. The average Bonchev–Trinajstić information content (AvgIpc) is 3.26. The molecule has 1 aromatic rings. The summed E-state index contributed by atoms with van der Waals surface area (Å²) in [5.74, 6) is -0.416. The molecule has 1 aliphatic carbocycles. The number of ketones is 1. The van der Waals surface area contributed by atoms with Gasteiger partial charge in [-0.05, 0) is 12.8 Å². The van der Waals surface area contributed by atoms with Crippen LogP contribution in [0.15, 0.2) is 0 Å². The first kappa shape index (κ1) is 15.8. The van der Waals surface area contributed by atoms with Crippen molar-refractivity contribution in [1.29, 1.82) is 0 Å². The fraction of sp³-hybridized carbons (Fsp3) is 0.571. The lowest BCUT2D eigenvalue weighted by atomic mass is 10.1. The van der Waals surface area contributed by atoms with E-state index in [1.807, 2.05) is 11.9 Å². The number of anilines is 2. The third-order valence-electron chi connectivity index (χ3n) is 3.47. The smallest absolute Gasteiger partial charge is 0.343 e. The van der Waals surface area contributed by atoms with E-state index >= 15 is 0 Å². The zero-order valence-corrected chi connectivity index (χ0v) is 13.3. The number of hydrogen-bond donors (Lipinski definition) is 1. The summed E-state index contributed by atoms with van der Waals surface area (Å²) >= 11 is 1.26. The monoisotopic (exact) mass is 312 g/mol. The summed E-state index contributed by atoms with van der Waals surface area (Å²) in [7, 11) is 4.75. The molecule has 2 N–H and O–H groups in total. The highest BCUT2D eigenvalue weighted by Gasteiger charge is 2.35. The lowest BCUT2D eigenvalue weighted by molar-refractivity contribution is 0.0603. The second-order valence-corrected chi connectivity index (χ2v) is 6.07. The largest absolute Gasteiger partial charge is 0.465 e. The Morgan fingerprint density at radius 2 is 2.05 bits per heavy atom. The van der Waals surface area contributed by atoms with Crippen molar-refractivity contribution in [2.45, 2.75) is 12.8 Å². The highest BCUT2D eigenvalue weighted by atomic mass is 32.1. The van der Waals surface area contributed by atoms with Crippen LogP contribution in [0.2, 0.25) is 0 Å². The van der Waals surface area contributed by atoms with Gasteiger partial charge in [-0.1, -0.05) is 0 Å². The molecule has 116 valence electrons. The summed E-state index contributed by atoms with van der Waals surface area (Å²) in [5.41, 5.74) is 6.57. The second kappa shape index (κ2) is 6.44. The van der Waals surface area contributed by atoms with Gasteiger partial charge in [0.15, 0.2) is 5.78 Å². The van der Waals surface area contributed by atoms with Crippen molar-refractivity contribution in [3.05, 3.63) is 10.4 Å². The van der Waals surface area contributed by atoms with E-state index in [4.69, 9.17) is 15.2 Å². The highest BCUT2D eigenvalue weighted by Crippen LogP contribution is 2.43. The molecule has 0 amide bonds. The first-order valence-corrected chi connectivity index (χ1v) is 7.57. The molecule has 0 aromatic carbocycles. The Morgan fingerprint density at radius 3 is 2.57 bits per heavy atom. The summed E-state index contributed by atoms with van der Waals surface area (Å²) in [4.78, 5) is 26.6. The number of carbonyl (C=O) groups is 2. The number of Topliss-reactive ketones (excluding diaryl/α,β-unsaturated/α-hetero) is 1. The predicted octanol–water partition coefficient (Wildman–Crippen LogP) is 1.79. The molecule has 7 heteroatoms. The Bertz CT molecular complexity index is 551. The minimum atomic E-state index is -0.516. The van der Waals surface area contributed by atoms with Gasteiger partial charge in [-0.25, -0.2) is 4.79 Å². The van der Waals surface area contributed by atoms with Crippen molar-refractivity contribution >= 4 is 33.8 Å². The fourth-order valence-corrected chi connectivity index (χ4v) is 3.26. The van der Waals surface area contributed by atoms with Crippen LogP contribution in [0.4, 0.5) is 10.7 Å². The van der Waals surface area contributed by atoms with Crippen LogP contribution >= 0.6 is 11.3 Å². The Kier molecular flexibility index (Phi) is 4.84. The third kappa shape index (κ3) is 3.19. The van der Waals surface area contributed by atoms with Crippen molar-refractivity contribution in [3.63, 3.8) is 0 Å². The molecule has 1 fully saturated rings. The summed E-state index contributed by atoms with van der Waals surface area (Å²) in [5, 5.41) is 0.653. The van der Waals surface area contributed by atoms with E-state index in [0.29, 0.717) is 23.0 Å². The summed E-state index contributed by atoms with van der Waals surface area (Å²) in [6, 6.07) is 0. The van der Waals surface area contributed by atoms with E-state index in [1.54, 1.807) is 7.11 Å². The number of likely N-dealkylation sites (N-methyl/N-ethyl adjacent to an activating group) is 1. The lowest BCUT2D eigenvalue weighted by Crippen LogP contribution is -2.23. The van der Waals surface area contributed by atoms with Gasteiger partial charge in [0.1, 0.15) is 10.6 Å². The number of rotatable bonds is 7. The quantitative estimate of drug-likeness (QED) is 0.610. The molecular weight excluding hydrogens is 292 g/mol. The molecule has 1 aliphatic rings. The van der Waals surface area contributed by atoms with Crippen molar-refractivity contribution in [1.82, 2.24) is 0 Å². The zero-order valence-electron chi connectivity index (χ0n) is 12.5. The Hall–Kier alpha value is -1.60. The molecule has 0 saturated heterocycles. The minimum Gasteiger partial charge on any atom is -0.465 e. The van der Waals surface area contributed by atoms with Gasteiger partial charge in [-0.15, -0.1) is 11.3 Å². The highest BCUT2D eigenvalue weighted by molar-refractivity contribution is 7.19. The number of carbonyl (C=O) groups excluding carboxylic acids is 2. The van der Waals surface area contributed by atoms with Crippen molar-refractivity contribution in [3.8, 4) is 0 Å². The van der Waals surface area contributed by atoms with Crippen molar-refractivity contribution in [2.24, 2.45) is 5.92 Å². The topological polar surface area (TPSA) is 81.9 Å². The second-order valence-electron chi connectivity index (χ2n) is 5.07. The number of hydrogen-bond acceptors (Lipinski definition) is 7. The SMILES string of the molecule is COCCN(C)c1sc(C(=O)C2CC2)c(N)c1C(=O)OC. The van der Waals surface area contributed by atoms with Gasteiger partial charge in [0, 0.05) is 26.6 Å². The first-order chi connectivity index (χ1) is 10.0. The Balaban J connectivity index is 2.38. The van der Waals surface area contributed by atoms with Crippen LogP contribution in [0.5, 0.6) is 0 Å². The van der Waals surface area contributed by atoms with Crippen LogP contribution in [0.3, 0.4) is 0 Å². The molecule has 0 atom stereocenters. The molecule has 2 rings (SSSR count). The van der Waals surface area contributed by atoms with Gasteiger partial charge in [0.2, 0.25) is 0 Å².